The molecule has 1 aliphatic heterocycles. The zero-order chi connectivity index (χ0) is 21.3. The molecule has 0 radical (unpaired) electrons. The van der Waals surface area contributed by atoms with Crippen LogP contribution in [0.3, 0.4) is 0 Å². The van der Waals surface area contributed by atoms with Crippen molar-refractivity contribution in [1.82, 2.24) is 9.88 Å². The molecule has 0 saturated carbocycles. The molecule has 1 N–H and O–H groups in total. The summed E-state index contributed by atoms with van der Waals surface area (Å²) in [6.45, 7) is 0.419. The Labute approximate surface area is 172 Å². The van der Waals surface area contributed by atoms with Crippen molar-refractivity contribution < 1.29 is 23.1 Å². The Morgan fingerprint density at radius 3 is 2.67 bits per heavy atom. The lowest BCUT2D eigenvalue weighted by Gasteiger charge is -2.40. The number of hydrogen-bond acceptors (Lipinski definition) is 3. The van der Waals surface area contributed by atoms with Crippen LogP contribution in [0.1, 0.15) is 42.0 Å². The Balaban J connectivity index is 1.92. The molecule has 3 aromatic rings. The van der Waals surface area contributed by atoms with E-state index >= 15 is 0 Å². The second kappa shape index (κ2) is 8.07. The van der Waals surface area contributed by atoms with Crippen molar-refractivity contribution in [2.45, 2.75) is 37.5 Å². The van der Waals surface area contributed by atoms with Crippen LogP contribution in [-0.4, -0.2) is 33.5 Å². The highest BCUT2D eigenvalue weighted by Gasteiger charge is 2.40. The largest absolute Gasteiger partial charge is 0.480 e. The van der Waals surface area contributed by atoms with Gasteiger partial charge in [-0.1, -0.05) is 36.8 Å². The van der Waals surface area contributed by atoms with E-state index < -0.39 is 29.8 Å². The van der Waals surface area contributed by atoms with Crippen LogP contribution in [0.5, 0.6) is 0 Å². The standard InChI is InChI=1S/C23H21F3N2O2/c24-23(25,26)19-6-2-1-5-18(19)21(28-12-4-3-7-20(28)22(29)30)16-8-9-17-14-27-11-10-15(17)13-16/h1-2,5-6,8-11,13-14,20-21H,3-4,7,12H2,(H,29,30). The van der Waals surface area contributed by atoms with E-state index in [9.17, 15) is 23.1 Å². The monoisotopic (exact) mass is 414 g/mol. The van der Waals surface area contributed by atoms with Gasteiger partial charge in [0.05, 0.1) is 11.6 Å². The predicted molar refractivity (Wildman–Crippen MR) is 107 cm³/mol. The summed E-state index contributed by atoms with van der Waals surface area (Å²) >= 11 is 0. The number of carbonyl (C=O) groups is 1. The fourth-order valence-corrected chi connectivity index (χ4v) is 4.34. The van der Waals surface area contributed by atoms with Crippen LogP contribution in [0.2, 0.25) is 0 Å². The van der Waals surface area contributed by atoms with Crippen LogP contribution in [0.15, 0.2) is 60.9 Å². The Morgan fingerprint density at radius 2 is 1.90 bits per heavy atom. The molecular formula is C23H21F3N2O2. The number of likely N-dealkylation sites (tertiary alicyclic amines) is 1. The van der Waals surface area contributed by atoms with Gasteiger partial charge in [-0.15, -0.1) is 0 Å². The molecular weight excluding hydrogens is 393 g/mol. The zero-order valence-corrected chi connectivity index (χ0v) is 16.1. The Morgan fingerprint density at radius 1 is 1.10 bits per heavy atom. The van der Waals surface area contributed by atoms with E-state index in [1.165, 1.54) is 12.1 Å². The molecule has 156 valence electrons. The molecule has 0 bridgehead atoms. The Kier molecular flexibility index (Phi) is 5.47. The molecule has 2 unspecified atom stereocenters. The van der Waals surface area contributed by atoms with Crippen LogP contribution >= 0.6 is 0 Å². The number of aromatic nitrogens is 1. The van der Waals surface area contributed by atoms with Crippen molar-refractivity contribution in [2.75, 3.05) is 6.54 Å². The average molecular weight is 414 g/mol. The molecule has 0 aliphatic carbocycles. The normalized spacial score (nSPS) is 19.0. The molecule has 1 aliphatic rings. The van der Waals surface area contributed by atoms with Crippen LogP contribution in [0.25, 0.3) is 10.8 Å². The maximum atomic E-state index is 13.9. The zero-order valence-electron chi connectivity index (χ0n) is 16.1. The summed E-state index contributed by atoms with van der Waals surface area (Å²) < 4.78 is 41.6. The van der Waals surface area contributed by atoms with Gasteiger partial charge in [-0.05, 0) is 54.1 Å². The summed E-state index contributed by atoms with van der Waals surface area (Å²) in [5.74, 6) is -1.01. The Bertz CT molecular complexity index is 1070. The summed E-state index contributed by atoms with van der Waals surface area (Å²) in [5.41, 5.74) is -0.0235. The van der Waals surface area contributed by atoms with Gasteiger partial charge in [-0.2, -0.15) is 13.2 Å². The van der Waals surface area contributed by atoms with Gasteiger partial charge in [-0.25, -0.2) is 0 Å². The van der Waals surface area contributed by atoms with Gasteiger partial charge >= 0.3 is 12.1 Å². The number of carboxylic acids is 1. The van der Waals surface area contributed by atoms with Crippen LogP contribution < -0.4 is 0 Å². The summed E-state index contributed by atoms with van der Waals surface area (Å²) in [5, 5.41) is 11.5. The molecule has 2 aromatic carbocycles. The van der Waals surface area contributed by atoms with Gasteiger partial charge in [0.25, 0.3) is 0 Å². The molecule has 2 heterocycles. The molecule has 4 rings (SSSR count). The first-order chi connectivity index (χ1) is 14.4. The number of aliphatic carboxylic acids is 1. The first-order valence-corrected chi connectivity index (χ1v) is 9.84. The molecule has 4 nitrogen and oxygen atoms in total. The highest BCUT2D eigenvalue weighted by atomic mass is 19.4. The topological polar surface area (TPSA) is 53.4 Å². The minimum Gasteiger partial charge on any atom is -0.480 e. The smallest absolute Gasteiger partial charge is 0.416 e. The van der Waals surface area contributed by atoms with E-state index in [4.69, 9.17) is 0 Å². The second-order valence-corrected chi connectivity index (χ2v) is 7.56. The summed E-state index contributed by atoms with van der Waals surface area (Å²) in [6, 6.07) is 11.0. The van der Waals surface area contributed by atoms with Gasteiger partial charge in [0.2, 0.25) is 0 Å². The van der Waals surface area contributed by atoms with Crippen LogP contribution in [-0.2, 0) is 11.0 Å². The molecule has 0 spiro atoms. The number of piperidine rings is 1. The fraction of sp³-hybridized carbons (Fsp3) is 0.304. The lowest BCUT2D eigenvalue weighted by Crippen LogP contribution is -2.47. The van der Waals surface area contributed by atoms with Gasteiger partial charge in [0, 0.05) is 17.8 Å². The minimum atomic E-state index is -4.54. The van der Waals surface area contributed by atoms with Crippen LogP contribution in [0, 0.1) is 0 Å². The van der Waals surface area contributed by atoms with E-state index in [2.05, 4.69) is 4.98 Å². The number of rotatable bonds is 4. The average Bonchev–Trinajstić information content (AvgIpc) is 2.74. The fourth-order valence-electron chi connectivity index (χ4n) is 4.34. The molecule has 30 heavy (non-hydrogen) atoms. The van der Waals surface area contributed by atoms with E-state index in [1.807, 2.05) is 12.1 Å². The van der Waals surface area contributed by atoms with Gasteiger partial charge in [-0.3, -0.25) is 14.7 Å². The van der Waals surface area contributed by atoms with Gasteiger partial charge in [0.15, 0.2) is 0 Å². The van der Waals surface area contributed by atoms with Crippen molar-refractivity contribution in [1.29, 1.82) is 0 Å². The SMILES string of the molecule is O=C(O)C1CCCCN1C(c1ccc2cnccc2c1)c1ccccc1C(F)(F)F. The third-order valence-electron chi connectivity index (χ3n) is 5.70. The maximum Gasteiger partial charge on any atom is 0.416 e. The summed E-state index contributed by atoms with van der Waals surface area (Å²) in [6.07, 6.45) is 0.683. The van der Waals surface area contributed by atoms with E-state index in [-0.39, 0.29) is 5.56 Å². The van der Waals surface area contributed by atoms with Crippen molar-refractivity contribution in [3.63, 3.8) is 0 Å². The second-order valence-electron chi connectivity index (χ2n) is 7.56. The lowest BCUT2D eigenvalue weighted by molar-refractivity contribution is -0.145. The minimum absolute atomic E-state index is 0.0755. The van der Waals surface area contributed by atoms with Crippen molar-refractivity contribution in [3.05, 3.63) is 77.6 Å². The highest BCUT2D eigenvalue weighted by molar-refractivity contribution is 5.82. The third kappa shape index (κ3) is 3.89. The highest BCUT2D eigenvalue weighted by Crippen LogP contribution is 2.41. The van der Waals surface area contributed by atoms with Crippen LogP contribution in [0.4, 0.5) is 13.2 Å². The van der Waals surface area contributed by atoms with Crippen molar-refractivity contribution >= 4 is 16.7 Å². The first-order valence-electron chi connectivity index (χ1n) is 9.84. The quantitative estimate of drug-likeness (QED) is 0.631. The van der Waals surface area contributed by atoms with E-state index in [0.29, 0.717) is 18.5 Å². The number of halogens is 3. The summed E-state index contributed by atoms with van der Waals surface area (Å²) in [4.78, 5) is 17.7. The number of pyridine rings is 1. The summed E-state index contributed by atoms with van der Waals surface area (Å²) in [7, 11) is 0. The predicted octanol–water partition coefficient (Wildman–Crippen LogP) is 5.28. The molecule has 0 amide bonds. The number of benzene rings is 2. The molecule has 1 aromatic heterocycles. The van der Waals surface area contributed by atoms with E-state index in [0.717, 1.165) is 29.7 Å². The number of hydrogen-bond donors (Lipinski definition) is 1. The molecule has 1 fully saturated rings. The van der Waals surface area contributed by atoms with Gasteiger partial charge in [0.1, 0.15) is 6.04 Å². The van der Waals surface area contributed by atoms with Crippen molar-refractivity contribution in [3.8, 4) is 0 Å². The number of alkyl halides is 3. The third-order valence-corrected chi connectivity index (χ3v) is 5.70. The van der Waals surface area contributed by atoms with Gasteiger partial charge < -0.3 is 5.11 Å². The molecule has 1 saturated heterocycles. The molecule has 7 heteroatoms. The van der Waals surface area contributed by atoms with Crippen molar-refractivity contribution in [2.24, 2.45) is 0 Å². The number of carboxylic acid groups (broad SMARTS) is 1. The Hall–Kier alpha value is -2.93. The first kappa shape index (κ1) is 20.3. The number of nitrogens with zero attached hydrogens (tertiary/aromatic N) is 2. The molecule has 2 atom stereocenters. The maximum absolute atomic E-state index is 13.9. The lowest BCUT2D eigenvalue weighted by atomic mass is 9.88. The van der Waals surface area contributed by atoms with E-state index in [1.54, 1.807) is 35.5 Å². The number of fused-ring (bicyclic) bond motifs is 1.